The summed E-state index contributed by atoms with van der Waals surface area (Å²) in [5.41, 5.74) is -0.745. The van der Waals surface area contributed by atoms with E-state index < -0.39 is 21.2 Å². The van der Waals surface area contributed by atoms with Crippen LogP contribution in [0.15, 0.2) is 0 Å². The maximum Gasteiger partial charge on any atom is 0.309 e. The van der Waals surface area contributed by atoms with E-state index in [1.54, 1.807) is 6.92 Å². The van der Waals surface area contributed by atoms with E-state index in [1.807, 2.05) is 0 Å². The van der Waals surface area contributed by atoms with Crippen LogP contribution in [-0.4, -0.2) is 31.0 Å². The monoisotopic (exact) mass is 260 g/mol. The number of carboxylic acids is 1. The summed E-state index contributed by atoms with van der Waals surface area (Å²) in [5, 5.41) is 9.46. The summed E-state index contributed by atoms with van der Waals surface area (Å²) in [5.74, 6) is 0.0732. The molecule has 0 radical (unpaired) electrons. The summed E-state index contributed by atoms with van der Waals surface area (Å²) >= 11 is 0. The second-order valence-electron chi connectivity index (χ2n) is 5.53. The van der Waals surface area contributed by atoms with Crippen LogP contribution in [0.3, 0.4) is 0 Å². The lowest BCUT2D eigenvalue weighted by atomic mass is 9.71. The highest BCUT2D eigenvalue weighted by Crippen LogP contribution is 2.57. The summed E-state index contributed by atoms with van der Waals surface area (Å²) in [4.78, 5) is 11.5. The Morgan fingerprint density at radius 2 is 2.12 bits per heavy atom. The Labute approximate surface area is 102 Å². The number of fused-ring (bicyclic) bond motifs is 2. The molecule has 2 bridgehead atoms. The fourth-order valence-electron chi connectivity index (χ4n) is 3.60. The molecular weight excluding hydrogens is 240 g/mol. The molecule has 2 fully saturated rings. The third-order valence-corrected chi connectivity index (χ3v) is 6.41. The van der Waals surface area contributed by atoms with Gasteiger partial charge in [-0.15, -0.1) is 0 Å². The van der Waals surface area contributed by atoms with Crippen LogP contribution >= 0.6 is 0 Å². The topological polar surface area (TPSA) is 71.4 Å². The third-order valence-electron chi connectivity index (χ3n) is 4.70. The van der Waals surface area contributed by atoms with E-state index in [2.05, 4.69) is 0 Å². The van der Waals surface area contributed by atoms with E-state index in [4.69, 9.17) is 0 Å². The molecule has 3 atom stereocenters. The molecule has 1 N–H and O–H groups in total. The highest BCUT2D eigenvalue weighted by atomic mass is 32.2. The van der Waals surface area contributed by atoms with E-state index in [9.17, 15) is 18.3 Å². The van der Waals surface area contributed by atoms with Gasteiger partial charge in [0.15, 0.2) is 0 Å². The lowest BCUT2D eigenvalue weighted by molar-refractivity contribution is -0.152. The van der Waals surface area contributed by atoms with Crippen molar-refractivity contribution in [3.63, 3.8) is 0 Å². The van der Waals surface area contributed by atoms with Crippen LogP contribution in [0.2, 0.25) is 0 Å². The van der Waals surface area contributed by atoms with Gasteiger partial charge in [0.2, 0.25) is 0 Å². The van der Waals surface area contributed by atoms with Crippen LogP contribution in [0, 0.1) is 17.3 Å². The number of hydrogen-bond donors (Lipinski definition) is 1. The van der Waals surface area contributed by atoms with Gasteiger partial charge in [0, 0.05) is 5.75 Å². The summed E-state index contributed by atoms with van der Waals surface area (Å²) in [6.45, 7) is 1.61. The molecule has 2 rings (SSSR count). The highest BCUT2D eigenvalue weighted by molar-refractivity contribution is 7.91. The first-order valence-corrected chi connectivity index (χ1v) is 8.15. The van der Waals surface area contributed by atoms with Gasteiger partial charge in [-0.3, -0.25) is 4.79 Å². The Bertz CT molecular complexity index is 414. The molecule has 2 aliphatic carbocycles. The van der Waals surface area contributed by atoms with Crippen molar-refractivity contribution in [1.82, 2.24) is 0 Å². The molecular formula is C12H20O4S. The Balaban J connectivity index is 2.12. The van der Waals surface area contributed by atoms with Crippen molar-refractivity contribution in [1.29, 1.82) is 0 Å². The molecule has 0 aromatic carbocycles. The summed E-state index contributed by atoms with van der Waals surface area (Å²) in [7, 11) is -3.06. The number of carboxylic acid groups (broad SMARTS) is 1. The molecule has 3 unspecified atom stereocenters. The van der Waals surface area contributed by atoms with Crippen LogP contribution in [0.4, 0.5) is 0 Å². The van der Waals surface area contributed by atoms with Crippen LogP contribution < -0.4 is 0 Å². The second kappa shape index (κ2) is 4.26. The maximum absolute atomic E-state index is 11.5. The smallest absolute Gasteiger partial charge is 0.309 e. The van der Waals surface area contributed by atoms with Gasteiger partial charge in [-0.05, 0) is 37.5 Å². The fourth-order valence-corrected chi connectivity index (χ4v) is 4.56. The van der Waals surface area contributed by atoms with Crippen LogP contribution in [-0.2, 0) is 14.6 Å². The van der Waals surface area contributed by atoms with Gasteiger partial charge >= 0.3 is 5.97 Å². The molecule has 5 heteroatoms. The number of carbonyl (C=O) groups is 1. The van der Waals surface area contributed by atoms with Crippen molar-refractivity contribution in [3.05, 3.63) is 0 Å². The standard InChI is InChI=1S/C12H20O4S/c1-2-17(15,16)6-5-12(11(13)14)8-9-3-4-10(12)7-9/h9-10H,2-8H2,1H3,(H,13,14). The minimum atomic E-state index is -3.06. The van der Waals surface area contributed by atoms with Crippen LogP contribution in [0.1, 0.15) is 39.0 Å². The first-order chi connectivity index (χ1) is 7.89. The van der Waals surface area contributed by atoms with Crippen molar-refractivity contribution in [2.75, 3.05) is 11.5 Å². The minimum absolute atomic E-state index is 0.0268. The highest BCUT2D eigenvalue weighted by Gasteiger charge is 2.55. The number of aliphatic carboxylic acids is 1. The van der Waals surface area contributed by atoms with E-state index >= 15 is 0 Å². The molecule has 2 saturated carbocycles. The fraction of sp³-hybridized carbons (Fsp3) is 0.917. The largest absolute Gasteiger partial charge is 0.481 e. The number of rotatable bonds is 5. The quantitative estimate of drug-likeness (QED) is 0.816. The Morgan fingerprint density at radius 1 is 1.41 bits per heavy atom. The lowest BCUT2D eigenvalue weighted by Gasteiger charge is -2.33. The molecule has 0 aromatic rings. The van der Waals surface area contributed by atoms with Crippen molar-refractivity contribution < 1.29 is 18.3 Å². The van der Waals surface area contributed by atoms with E-state index in [0.29, 0.717) is 18.8 Å². The second-order valence-corrected chi connectivity index (χ2v) is 8.00. The minimum Gasteiger partial charge on any atom is -0.481 e. The van der Waals surface area contributed by atoms with Crippen molar-refractivity contribution in [2.45, 2.75) is 39.0 Å². The molecule has 0 spiro atoms. The molecule has 0 heterocycles. The average molecular weight is 260 g/mol. The molecule has 0 aromatic heterocycles. The molecule has 0 saturated heterocycles. The van der Waals surface area contributed by atoms with Gasteiger partial charge in [-0.2, -0.15) is 0 Å². The van der Waals surface area contributed by atoms with Crippen molar-refractivity contribution in [2.24, 2.45) is 17.3 Å². The van der Waals surface area contributed by atoms with Crippen molar-refractivity contribution >= 4 is 15.8 Å². The van der Waals surface area contributed by atoms with Crippen molar-refractivity contribution in [3.8, 4) is 0 Å². The van der Waals surface area contributed by atoms with Crippen LogP contribution in [0.5, 0.6) is 0 Å². The molecule has 0 amide bonds. The Hall–Kier alpha value is -0.580. The zero-order chi connectivity index (χ0) is 12.7. The van der Waals surface area contributed by atoms with Crippen LogP contribution in [0.25, 0.3) is 0 Å². The molecule has 4 nitrogen and oxygen atoms in total. The first kappa shape index (κ1) is 12.9. The Kier molecular flexibility index (Phi) is 3.23. The van der Waals surface area contributed by atoms with Gasteiger partial charge in [0.25, 0.3) is 0 Å². The molecule has 98 valence electrons. The summed E-state index contributed by atoms with van der Waals surface area (Å²) in [6.07, 6.45) is 4.06. The van der Waals surface area contributed by atoms with Gasteiger partial charge in [0.05, 0.1) is 11.2 Å². The normalized spacial score (nSPS) is 36.3. The van der Waals surface area contributed by atoms with Gasteiger partial charge in [-0.1, -0.05) is 13.3 Å². The number of hydrogen-bond acceptors (Lipinski definition) is 3. The SMILES string of the molecule is CCS(=O)(=O)CCC1(C(=O)O)CC2CCC1C2. The molecule has 17 heavy (non-hydrogen) atoms. The zero-order valence-electron chi connectivity index (χ0n) is 10.2. The first-order valence-electron chi connectivity index (χ1n) is 6.33. The predicted octanol–water partition coefficient (Wildman–Crippen LogP) is 1.70. The average Bonchev–Trinajstić information content (AvgIpc) is 2.87. The van der Waals surface area contributed by atoms with Gasteiger partial charge in [0.1, 0.15) is 9.84 Å². The molecule has 2 aliphatic rings. The van der Waals surface area contributed by atoms with E-state index in [0.717, 1.165) is 19.3 Å². The zero-order valence-corrected chi connectivity index (χ0v) is 11.0. The summed E-state index contributed by atoms with van der Waals surface area (Å²) in [6, 6.07) is 0. The number of sulfone groups is 1. The Morgan fingerprint density at radius 3 is 2.53 bits per heavy atom. The summed E-state index contributed by atoms with van der Waals surface area (Å²) < 4.78 is 23.1. The lowest BCUT2D eigenvalue weighted by Crippen LogP contribution is -2.38. The van der Waals surface area contributed by atoms with E-state index in [1.165, 1.54) is 0 Å². The third kappa shape index (κ3) is 2.21. The van der Waals surface area contributed by atoms with Gasteiger partial charge in [-0.25, -0.2) is 8.42 Å². The predicted molar refractivity (Wildman–Crippen MR) is 64.5 cm³/mol. The van der Waals surface area contributed by atoms with E-state index in [-0.39, 0.29) is 17.4 Å². The maximum atomic E-state index is 11.5. The van der Waals surface area contributed by atoms with Gasteiger partial charge < -0.3 is 5.11 Å². The molecule has 0 aliphatic heterocycles.